The monoisotopic (exact) mass is 261 g/mol. The molecule has 0 heterocycles. The molecule has 2 atom stereocenters. The van der Waals surface area contributed by atoms with Gasteiger partial charge in [-0.05, 0) is 42.3 Å². The molecule has 1 aromatic rings. The average molecular weight is 261 g/mol. The molecule has 0 amide bonds. The number of hydrogen-bond acceptors (Lipinski definition) is 1. The van der Waals surface area contributed by atoms with Crippen LogP contribution >= 0.6 is 0 Å². The second-order valence-corrected chi connectivity index (χ2v) is 6.89. The van der Waals surface area contributed by atoms with E-state index in [1.807, 2.05) is 0 Å². The lowest BCUT2D eigenvalue weighted by atomic mass is 9.86. The van der Waals surface area contributed by atoms with E-state index in [-0.39, 0.29) is 5.41 Å². The molecule has 0 bridgehead atoms. The maximum atomic E-state index is 3.46. The van der Waals surface area contributed by atoms with E-state index in [0.29, 0.717) is 6.04 Å². The SMILES string of the molecule is CCC(C)CC(Cc1ccc(C(C)(C)C)cc1)NC. The van der Waals surface area contributed by atoms with Crippen LogP contribution in [0.4, 0.5) is 0 Å². The van der Waals surface area contributed by atoms with E-state index in [1.165, 1.54) is 24.0 Å². The zero-order valence-corrected chi connectivity index (χ0v) is 13.6. The van der Waals surface area contributed by atoms with Crippen molar-refractivity contribution in [1.82, 2.24) is 5.32 Å². The van der Waals surface area contributed by atoms with Crippen molar-refractivity contribution in [2.24, 2.45) is 5.92 Å². The van der Waals surface area contributed by atoms with Gasteiger partial charge in [0.1, 0.15) is 0 Å². The molecule has 0 aliphatic rings. The Morgan fingerprint density at radius 1 is 1.11 bits per heavy atom. The van der Waals surface area contributed by atoms with Crippen LogP contribution in [0.2, 0.25) is 0 Å². The summed E-state index contributed by atoms with van der Waals surface area (Å²) in [5, 5.41) is 3.46. The predicted octanol–water partition coefficient (Wildman–Crippen LogP) is 4.55. The van der Waals surface area contributed by atoms with Gasteiger partial charge in [0.2, 0.25) is 0 Å². The summed E-state index contributed by atoms with van der Waals surface area (Å²) >= 11 is 0. The van der Waals surface area contributed by atoms with Gasteiger partial charge in [-0.1, -0.05) is 65.3 Å². The van der Waals surface area contributed by atoms with Crippen LogP contribution < -0.4 is 5.32 Å². The molecule has 2 unspecified atom stereocenters. The number of likely N-dealkylation sites (N-methyl/N-ethyl adjacent to an activating group) is 1. The second-order valence-electron chi connectivity index (χ2n) is 6.89. The molecule has 1 N–H and O–H groups in total. The van der Waals surface area contributed by atoms with Crippen molar-refractivity contribution >= 4 is 0 Å². The molecular formula is C18H31N. The lowest BCUT2D eigenvalue weighted by Gasteiger charge is -2.22. The molecule has 0 fully saturated rings. The second kappa shape index (κ2) is 7.09. The first kappa shape index (κ1) is 16.2. The lowest BCUT2D eigenvalue weighted by Crippen LogP contribution is -2.29. The Bertz CT molecular complexity index is 358. The minimum absolute atomic E-state index is 0.248. The molecule has 19 heavy (non-hydrogen) atoms. The number of benzene rings is 1. The number of nitrogens with one attached hydrogen (secondary N) is 1. The summed E-state index contributed by atoms with van der Waals surface area (Å²) in [6.07, 6.45) is 3.65. The van der Waals surface area contributed by atoms with Crippen molar-refractivity contribution in [2.75, 3.05) is 7.05 Å². The van der Waals surface area contributed by atoms with E-state index in [2.05, 4.69) is 71.2 Å². The Kier molecular flexibility index (Phi) is 6.06. The third-order valence-corrected chi connectivity index (χ3v) is 4.09. The molecule has 0 radical (unpaired) electrons. The van der Waals surface area contributed by atoms with Gasteiger partial charge in [-0.25, -0.2) is 0 Å². The third-order valence-electron chi connectivity index (χ3n) is 4.09. The topological polar surface area (TPSA) is 12.0 Å². The summed E-state index contributed by atoms with van der Waals surface area (Å²) < 4.78 is 0. The highest BCUT2D eigenvalue weighted by molar-refractivity contribution is 5.28. The molecule has 108 valence electrons. The van der Waals surface area contributed by atoms with Gasteiger partial charge in [-0.15, -0.1) is 0 Å². The summed E-state index contributed by atoms with van der Waals surface area (Å²) in [4.78, 5) is 0. The molecule has 0 saturated carbocycles. The van der Waals surface area contributed by atoms with Crippen LogP contribution in [0, 0.1) is 5.92 Å². The molecule has 0 aromatic heterocycles. The van der Waals surface area contributed by atoms with Crippen molar-refractivity contribution < 1.29 is 0 Å². The molecule has 0 aliphatic heterocycles. The summed E-state index contributed by atoms with van der Waals surface area (Å²) in [5.41, 5.74) is 3.10. The fourth-order valence-electron chi connectivity index (χ4n) is 2.38. The molecule has 0 spiro atoms. The predicted molar refractivity (Wildman–Crippen MR) is 85.8 cm³/mol. The first-order valence-corrected chi connectivity index (χ1v) is 7.63. The van der Waals surface area contributed by atoms with E-state index in [1.54, 1.807) is 0 Å². The molecule has 1 heteroatoms. The van der Waals surface area contributed by atoms with Crippen molar-refractivity contribution in [2.45, 2.75) is 65.3 Å². The Labute approximate surface area is 119 Å². The number of rotatable bonds is 6. The number of hydrogen-bond donors (Lipinski definition) is 1. The zero-order chi connectivity index (χ0) is 14.5. The molecule has 1 nitrogen and oxygen atoms in total. The summed E-state index contributed by atoms with van der Waals surface area (Å²) in [7, 11) is 2.08. The van der Waals surface area contributed by atoms with Crippen LogP contribution in [0.15, 0.2) is 24.3 Å². The first-order valence-electron chi connectivity index (χ1n) is 7.63. The maximum absolute atomic E-state index is 3.46. The van der Waals surface area contributed by atoms with Gasteiger partial charge < -0.3 is 5.32 Å². The Hall–Kier alpha value is -0.820. The minimum atomic E-state index is 0.248. The van der Waals surface area contributed by atoms with E-state index in [0.717, 1.165) is 12.3 Å². The smallest absolute Gasteiger partial charge is 0.0107 e. The Balaban J connectivity index is 2.65. The van der Waals surface area contributed by atoms with E-state index in [4.69, 9.17) is 0 Å². The maximum Gasteiger partial charge on any atom is 0.0107 e. The van der Waals surface area contributed by atoms with Gasteiger partial charge in [-0.3, -0.25) is 0 Å². The van der Waals surface area contributed by atoms with Crippen LogP contribution in [-0.4, -0.2) is 13.1 Å². The summed E-state index contributed by atoms with van der Waals surface area (Å²) in [6, 6.07) is 9.75. The van der Waals surface area contributed by atoms with Gasteiger partial charge in [0.05, 0.1) is 0 Å². The van der Waals surface area contributed by atoms with Crippen molar-refractivity contribution in [3.05, 3.63) is 35.4 Å². The van der Waals surface area contributed by atoms with E-state index < -0.39 is 0 Å². The van der Waals surface area contributed by atoms with Gasteiger partial charge >= 0.3 is 0 Å². The summed E-state index contributed by atoms with van der Waals surface area (Å²) in [6.45, 7) is 11.4. The third kappa shape index (κ3) is 5.36. The minimum Gasteiger partial charge on any atom is -0.317 e. The standard InChI is InChI=1S/C18H31N/c1-7-14(2)12-17(19-6)13-15-8-10-16(11-9-15)18(3,4)5/h8-11,14,17,19H,7,12-13H2,1-6H3. The first-order chi connectivity index (χ1) is 8.86. The lowest BCUT2D eigenvalue weighted by molar-refractivity contribution is 0.410. The van der Waals surface area contributed by atoms with Gasteiger partial charge in [0, 0.05) is 6.04 Å². The van der Waals surface area contributed by atoms with Crippen molar-refractivity contribution in [3.8, 4) is 0 Å². The highest BCUT2D eigenvalue weighted by Crippen LogP contribution is 2.23. The molecule has 0 saturated heterocycles. The molecular weight excluding hydrogens is 230 g/mol. The summed E-state index contributed by atoms with van der Waals surface area (Å²) in [5.74, 6) is 0.797. The molecule has 1 rings (SSSR count). The van der Waals surface area contributed by atoms with E-state index >= 15 is 0 Å². The van der Waals surface area contributed by atoms with Gasteiger partial charge in [0.15, 0.2) is 0 Å². The quantitative estimate of drug-likeness (QED) is 0.792. The van der Waals surface area contributed by atoms with Gasteiger partial charge in [-0.2, -0.15) is 0 Å². The fraction of sp³-hybridized carbons (Fsp3) is 0.667. The van der Waals surface area contributed by atoms with Crippen molar-refractivity contribution in [1.29, 1.82) is 0 Å². The Morgan fingerprint density at radius 3 is 2.11 bits per heavy atom. The molecule has 1 aromatic carbocycles. The highest BCUT2D eigenvalue weighted by atomic mass is 14.9. The van der Waals surface area contributed by atoms with Crippen LogP contribution in [0.5, 0.6) is 0 Å². The van der Waals surface area contributed by atoms with Crippen LogP contribution in [0.3, 0.4) is 0 Å². The largest absolute Gasteiger partial charge is 0.317 e. The zero-order valence-electron chi connectivity index (χ0n) is 13.6. The highest BCUT2D eigenvalue weighted by Gasteiger charge is 2.14. The van der Waals surface area contributed by atoms with Crippen LogP contribution in [0.25, 0.3) is 0 Å². The molecule has 0 aliphatic carbocycles. The van der Waals surface area contributed by atoms with Gasteiger partial charge in [0.25, 0.3) is 0 Å². The van der Waals surface area contributed by atoms with Crippen LogP contribution in [-0.2, 0) is 11.8 Å². The average Bonchev–Trinajstić information content (AvgIpc) is 2.37. The normalized spacial score (nSPS) is 15.3. The van der Waals surface area contributed by atoms with E-state index in [9.17, 15) is 0 Å². The fourth-order valence-corrected chi connectivity index (χ4v) is 2.38. The Morgan fingerprint density at radius 2 is 1.68 bits per heavy atom. The van der Waals surface area contributed by atoms with Crippen molar-refractivity contribution in [3.63, 3.8) is 0 Å². The van der Waals surface area contributed by atoms with Crippen LogP contribution in [0.1, 0.15) is 58.6 Å².